The zero-order chi connectivity index (χ0) is 12.8. The van der Waals surface area contributed by atoms with Crippen molar-refractivity contribution >= 4 is 0 Å². The number of rotatable bonds is 4. The predicted molar refractivity (Wildman–Crippen MR) is 70.6 cm³/mol. The van der Waals surface area contributed by atoms with Gasteiger partial charge in [-0.1, -0.05) is 35.9 Å². The van der Waals surface area contributed by atoms with Crippen molar-refractivity contribution in [2.45, 2.75) is 19.5 Å². The van der Waals surface area contributed by atoms with Crippen molar-refractivity contribution < 1.29 is 0 Å². The zero-order valence-electron chi connectivity index (χ0n) is 10.3. The van der Waals surface area contributed by atoms with Crippen LogP contribution in [0.4, 0.5) is 0 Å². The Bertz CT molecular complexity index is 526. The molecule has 0 aliphatic heterocycles. The first-order valence-electron chi connectivity index (χ1n) is 5.89. The summed E-state index contributed by atoms with van der Waals surface area (Å²) in [5, 5.41) is 12.4. The summed E-state index contributed by atoms with van der Waals surface area (Å²) < 4.78 is 0. The summed E-state index contributed by atoms with van der Waals surface area (Å²) in [5.41, 5.74) is 3.11. The molecule has 0 saturated heterocycles. The summed E-state index contributed by atoms with van der Waals surface area (Å²) in [6, 6.07) is 15.7. The van der Waals surface area contributed by atoms with Crippen LogP contribution in [0.3, 0.4) is 0 Å². The van der Waals surface area contributed by atoms with Gasteiger partial charge in [0.15, 0.2) is 0 Å². The Balaban J connectivity index is 2.02. The fourth-order valence-electron chi connectivity index (χ4n) is 1.71. The Morgan fingerprint density at radius 2 is 2.00 bits per heavy atom. The molecule has 90 valence electrons. The molecule has 1 aromatic heterocycles. The number of nitrogens with zero attached hydrogens (tertiary/aromatic N) is 2. The fraction of sp³-hybridized carbons (Fsp3) is 0.200. The minimum absolute atomic E-state index is 0.299. The molecule has 1 atom stereocenters. The van der Waals surface area contributed by atoms with Crippen molar-refractivity contribution in [3.8, 4) is 6.07 Å². The van der Waals surface area contributed by atoms with Crippen molar-refractivity contribution in [3.63, 3.8) is 0 Å². The summed E-state index contributed by atoms with van der Waals surface area (Å²) in [6.07, 6.45) is 1.75. The highest BCUT2D eigenvalue weighted by atomic mass is 14.9. The topological polar surface area (TPSA) is 48.7 Å². The first kappa shape index (κ1) is 12.3. The lowest BCUT2D eigenvalue weighted by Gasteiger charge is -2.11. The second-order valence-electron chi connectivity index (χ2n) is 4.17. The van der Waals surface area contributed by atoms with Crippen LogP contribution in [-0.4, -0.2) is 4.98 Å². The fourth-order valence-corrected chi connectivity index (χ4v) is 1.71. The number of aromatic nitrogens is 1. The molecule has 3 heteroatoms. The second-order valence-corrected chi connectivity index (χ2v) is 4.17. The molecule has 0 fully saturated rings. The Morgan fingerprint density at radius 3 is 2.61 bits per heavy atom. The van der Waals surface area contributed by atoms with Gasteiger partial charge in [-0.25, -0.2) is 0 Å². The molecule has 1 heterocycles. The molecule has 1 aromatic carbocycles. The smallest absolute Gasteiger partial charge is 0.121 e. The van der Waals surface area contributed by atoms with Gasteiger partial charge in [-0.2, -0.15) is 5.26 Å². The average Bonchev–Trinajstić information content (AvgIpc) is 2.42. The number of pyridine rings is 1. The van der Waals surface area contributed by atoms with Gasteiger partial charge in [0.1, 0.15) is 6.04 Å². The van der Waals surface area contributed by atoms with Gasteiger partial charge < -0.3 is 0 Å². The third-order valence-corrected chi connectivity index (χ3v) is 2.75. The normalized spacial score (nSPS) is 11.8. The van der Waals surface area contributed by atoms with Gasteiger partial charge >= 0.3 is 0 Å². The second kappa shape index (κ2) is 5.95. The standard InChI is InChI=1S/C15H15N3/c1-12-5-7-13(8-6-12)15(10-16)18-11-14-4-2-3-9-17-14/h2-9,15,18H,11H2,1H3. The van der Waals surface area contributed by atoms with Gasteiger partial charge in [-0.05, 0) is 24.6 Å². The van der Waals surface area contributed by atoms with E-state index in [9.17, 15) is 5.26 Å². The molecule has 0 aliphatic carbocycles. The van der Waals surface area contributed by atoms with Gasteiger partial charge in [-0.15, -0.1) is 0 Å². The molecule has 2 aromatic rings. The maximum atomic E-state index is 9.19. The van der Waals surface area contributed by atoms with Crippen molar-refractivity contribution in [3.05, 3.63) is 65.5 Å². The Hall–Kier alpha value is -2.18. The van der Waals surface area contributed by atoms with Crippen molar-refractivity contribution in [2.75, 3.05) is 0 Å². The van der Waals surface area contributed by atoms with Crippen molar-refractivity contribution in [1.29, 1.82) is 5.26 Å². The van der Waals surface area contributed by atoms with E-state index in [0.29, 0.717) is 6.54 Å². The van der Waals surface area contributed by atoms with Crippen LogP contribution in [0.2, 0.25) is 0 Å². The van der Waals surface area contributed by atoms with Crippen LogP contribution in [0.25, 0.3) is 0 Å². The van der Waals surface area contributed by atoms with E-state index in [1.54, 1.807) is 6.20 Å². The minimum Gasteiger partial charge on any atom is -0.293 e. The number of aryl methyl sites for hydroxylation is 1. The molecule has 18 heavy (non-hydrogen) atoms. The highest BCUT2D eigenvalue weighted by molar-refractivity contribution is 5.27. The SMILES string of the molecule is Cc1ccc(C(C#N)NCc2ccccn2)cc1. The van der Waals surface area contributed by atoms with E-state index in [4.69, 9.17) is 0 Å². The summed E-state index contributed by atoms with van der Waals surface area (Å²) in [6.45, 7) is 2.62. The molecule has 2 rings (SSSR count). The number of hydrogen-bond acceptors (Lipinski definition) is 3. The van der Waals surface area contributed by atoms with E-state index >= 15 is 0 Å². The maximum absolute atomic E-state index is 9.19. The molecule has 0 aliphatic rings. The number of hydrogen-bond donors (Lipinski definition) is 1. The molecule has 0 spiro atoms. The van der Waals surface area contributed by atoms with Gasteiger partial charge in [0.25, 0.3) is 0 Å². The van der Waals surface area contributed by atoms with Crippen molar-refractivity contribution in [1.82, 2.24) is 10.3 Å². The lowest BCUT2D eigenvalue weighted by Crippen LogP contribution is -2.19. The molecule has 3 nitrogen and oxygen atoms in total. The summed E-state index contributed by atoms with van der Waals surface area (Å²) >= 11 is 0. The van der Waals surface area contributed by atoms with E-state index < -0.39 is 0 Å². The molecule has 1 N–H and O–H groups in total. The van der Waals surface area contributed by atoms with Gasteiger partial charge in [0.05, 0.1) is 11.8 Å². The van der Waals surface area contributed by atoms with Crippen LogP contribution in [0.15, 0.2) is 48.7 Å². The monoisotopic (exact) mass is 237 g/mol. The Labute approximate surface area is 107 Å². The van der Waals surface area contributed by atoms with Crippen molar-refractivity contribution in [2.24, 2.45) is 0 Å². The first-order valence-corrected chi connectivity index (χ1v) is 5.89. The number of nitrogens with one attached hydrogen (secondary N) is 1. The third kappa shape index (κ3) is 3.16. The molecule has 0 radical (unpaired) electrons. The minimum atomic E-state index is -0.299. The largest absolute Gasteiger partial charge is 0.293 e. The van der Waals surface area contributed by atoms with E-state index in [1.807, 2.05) is 49.4 Å². The van der Waals surface area contributed by atoms with Crippen LogP contribution >= 0.6 is 0 Å². The van der Waals surface area contributed by atoms with Crippen LogP contribution in [0.1, 0.15) is 22.9 Å². The van der Waals surface area contributed by atoms with E-state index in [2.05, 4.69) is 16.4 Å². The number of nitriles is 1. The molecule has 0 amide bonds. The van der Waals surface area contributed by atoms with Crippen LogP contribution in [0, 0.1) is 18.3 Å². The molecule has 0 saturated carbocycles. The summed E-state index contributed by atoms with van der Waals surface area (Å²) in [4.78, 5) is 4.22. The first-order chi connectivity index (χ1) is 8.79. The van der Waals surface area contributed by atoms with Crippen LogP contribution < -0.4 is 5.32 Å². The summed E-state index contributed by atoms with van der Waals surface area (Å²) in [7, 11) is 0. The van der Waals surface area contributed by atoms with Gasteiger partial charge in [0.2, 0.25) is 0 Å². The molecule has 0 bridgehead atoms. The Morgan fingerprint density at radius 1 is 1.22 bits per heavy atom. The summed E-state index contributed by atoms with van der Waals surface area (Å²) in [5.74, 6) is 0. The molecular weight excluding hydrogens is 222 g/mol. The highest BCUT2D eigenvalue weighted by Gasteiger charge is 2.09. The highest BCUT2D eigenvalue weighted by Crippen LogP contribution is 2.13. The van der Waals surface area contributed by atoms with E-state index in [1.165, 1.54) is 5.56 Å². The van der Waals surface area contributed by atoms with E-state index in [0.717, 1.165) is 11.3 Å². The quantitative estimate of drug-likeness (QED) is 0.889. The predicted octanol–water partition coefficient (Wildman–Crippen LogP) is 2.74. The van der Waals surface area contributed by atoms with E-state index in [-0.39, 0.29) is 6.04 Å². The lowest BCUT2D eigenvalue weighted by atomic mass is 10.1. The van der Waals surface area contributed by atoms with Crippen LogP contribution in [0.5, 0.6) is 0 Å². The van der Waals surface area contributed by atoms with Crippen LogP contribution in [-0.2, 0) is 6.54 Å². The number of benzene rings is 1. The zero-order valence-corrected chi connectivity index (χ0v) is 10.3. The average molecular weight is 237 g/mol. The van der Waals surface area contributed by atoms with Gasteiger partial charge in [0, 0.05) is 12.7 Å². The van der Waals surface area contributed by atoms with Gasteiger partial charge in [-0.3, -0.25) is 10.3 Å². The molecule has 1 unspecified atom stereocenters. The maximum Gasteiger partial charge on any atom is 0.121 e. The lowest BCUT2D eigenvalue weighted by molar-refractivity contribution is 0.621. The Kier molecular flexibility index (Phi) is 4.06. The molecular formula is C15H15N3. The third-order valence-electron chi connectivity index (χ3n) is 2.75.